The Balaban J connectivity index is 1.47. The summed E-state index contributed by atoms with van der Waals surface area (Å²) in [6.45, 7) is 2.20. The third-order valence-electron chi connectivity index (χ3n) is 6.62. The van der Waals surface area contributed by atoms with Gasteiger partial charge in [-0.15, -0.1) is 0 Å². The molecule has 1 atom stereocenters. The first kappa shape index (κ1) is 25.7. The molecule has 0 saturated heterocycles. The standard InChI is InChI=1S/C26H27Br2N5O4/c1-15-22(25(34)37-19-6-4-3-5-7-19)23(33-26(29-15)30-31-32-33)17-12-20(28)24(21(13-17)35-2)36-14-16-8-10-18(27)11-9-16/h8-13,19,23H,3-7,14H2,1-2H3,(H,29,30,32). The van der Waals surface area contributed by atoms with Crippen LogP contribution in [0, 0.1) is 0 Å². The van der Waals surface area contributed by atoms with Crippen molar-refractivity contribution in [2.24, 2.45) is 0 Å². The molecule has 194 valence electrons. The fourth-order valence-electron chi connectivity index (χ4n) is 4.76. The minimum atomic E-state index is -0.604. The number of tetrazole rings is 1. The van der Waals surface area contributed by atoms with Crippen LogP contribution in [-0.4, -0.2) is 39.4 Å². The summed E-state index contributed by atoms with van der Waals surface area (Å²) in [4.78, 5) is 13.5. The number of allylic oxidation sites excluding steroid dienone is 1. The van der Waals surface area contributed by atoms with E-state index in [1.807, 2.05) is 43.3 Å². The monoisotopic (exact) mass is 631 g/mol. The van der Waals surface area contributed by atoms with E-state index < -0.39 is 6.04 Å². The number of hydrogen-bond acceptors (Lipinski definition) is 8. The van der Waals surface area contributed by atoms with Crippen molar-refractivity contribution in [1.29, 1.82) is 0 Å². The van der Waals surface area contributed by atoms with Crippen LogP contribution >= 0.6 is 31.9 Å². The highest BCUT2D eigenvalue weighted by molar-refractivity contribution is 9.10. The second-order valence-corrected chi connectivity index (χ2v) is 10.9. The Hall–Kier alpha value is -2.92. The smallest absolute Gasteiger partial charge is 0.338 e. The predicted molar refractivity (Wildman–Crippen MR) is 144 cm³/mol. The molecule has 1 fully saturated rings. The number of carbonyl (C=O) groups excluding carboxylic acids is 1. The summed E-state index contributed by atoms with van der Waals surface area (Å²) >= 11 is 7.10. The van der Waals surface area contributed by atoms with E-state index >= 15 is 0 Å². The van der Waals surface area contributed by atoms with Crippen LogP contribution in [0.3, 0.4) is 0 Å². The molecule has 1 aromatic heterocycles. The number of carbonyl (C=O) groups is 1. The number of nitrogens with zero attached hydrogens (tertiary/aromatic N) is 4. The van der Waals surface area contributed by atoms with E-state index in [1.54, 1.807) is 11.8 Å². The Morgan fingerprint density at radius 3 is 2.62 bits per heavy atom. The van der Waals surface area contributed by atoms with Gasteiger partial charge in [-0.1, -0.05) is 39.6 Å². The molecule has 0 amide bonds. The molecule has 3 aromatic rings. The lowest BCUT2D eigenvalue weighted by molar-refractivity contribution is -0.146. The predicted octanol–water partition coefficient (Wildman–Crippen LogP) is 5.95. The summed E-state index contributed by atoms with van der Waals surface area (Å²) in [7, 11) is 1.59. The number of aromatic nitrogens is 4. The Bertz CT molecular complexity index is 1320. The molecule has 11 heteroatoms. The minimum absolute atomic E-state index is 0.0758. The van der Waals surface area contributed by atoms with Crippen molar-refractivity contribution in [3.63, 3.8) is 0 Å². The molecule has 9 nitrogen and oxygen atoms in total. The molecule has 2 heterocycles. The third-order valence-corrected chi connectivity index (χ3v) is 7.74. The van der Waals surface area contributed by atoms with E-state index in [9.17, 15) is 4.79 Å². The summed E-state index contributed by atoms with van der Waals surface area (Å²) in [6, 6.07) is 11.1. The molecule has 2 aliphatic rings. The van der Waals surface area contributed by atoms with Gasteiger partial charge in [0.2, 0.25) is 5.95 Å². The maximum atomic E-state index is 13.5. The number of anilines is 1. The van der Waals surface area contributed by atoms with Gasteiger partial charge < -0.3 is 19.5 Å². The largest absolute Gasteiger partial charge is 0.493 e. The zero-order valence-electron chi connectivity index (χ0n) is 20.5. The maximum Gasteiger partial charge on any atom is 0.338 e. The van der Waals surface area contributed by atoms with E-state index in [2.05, 4.69) is 52.7 Å². The Kier molecular flexibility index (Phi) is 7.80. The molecule has 0 bridgehead atoms. The normalized spacial score (nSPS) is 17.7. The Morgan fingerprint density at radius 1 is 1.14 bits per heavy atom. The molecule has 0 radical (unpaired) electrons. The summed E-state index contributed by atoms with van der Waals surface area (Å²) in [6.07, 6.45) is 5.01. The second-order valence-electron chi connectivity index (χ2n) is 9.13. The van der Waals surface area contributed by atoms with Gasteiger partial charge in [-0.25, -0.2) is 4.79 Å². The van der Waals surface area contributed by atoms with E-state index in [4.69, 9.17) is 14.2 Å². The van der Waals surface area contributed by atoms with Crippen LogP contribution in [0.15, 0.2) is 56.6 Å². The first-order chi connectivity index (χ1) is 17.9. The molecular weight excluding hydrogens is 606 g/mol. The van der Waals surface area contributed by atoms with Gasteiger partial charge in [-0.2, -0.15) is 4.68 Å². The van der Waals surface area contributed by atoms with Gasteiger partial charge in [0.25, 0.3) is 0 Å². The average molecular weight is 633 g/mol. The Labute approximate surface area is 231 Å². The van der Waals surface area contributed by atoms with Gasteiger partial charge in [0.05, 0.1) is 17.2 Å². The van der Waals surface area contributed by atoms with Gasteiger partial charge in [0, 0.05) is 10.2 Å². The number of esters is 1. The number of benzene rings is 2. The summed E-state index contributed by atoms with van der Waals surface area (Å²) in [5.41, 5.74) is 2.88. The van der Waals surface area contributed by atoms with Gasteiger partial charge in [0.1, 0.15) is 18.8 Å². The van der Waals surface area contributed by atoms with Crippen molar-refractivity contribution in [2.75, 3.05) is 12.4 Å². The highest BCUT2D eigenvalue weighted by Crippen LogP contribution is 2.43. The van der Waals surface area contributed by atoms with E-state index in [1.165, 1.54) is 6.42 Å². The number of hydrogen-bond donors (Lipinski definition) is 1. The highest BCUT2D eigenvalue weighted by atomic mass is 79.9. The number of methoxy groups -OCH3 is 1. The Morgan fingerprint density at radius 2 is 1.89 bits per heavy atom. The second kappa shape index (κ2) is 11.2. The lowest BCUT2D eigenvalue weighted by Crippen LogP contribution is -2.32. The van der Waals surface area contributed by atoms with Crippen molar-refractivity contribution >= 4 is 43.8 Å². The van der Waals surface area contributed by atoms with Crippen LogP contribution in [0.2, 0.25) is 0 Å². The highest BCUT2D eigenvalue weighted by Gasteiger charge is 2.37. The zero-order valence-corrected chi connectivity index (χ0v) is 23.7. The summed E-state index contributed by atoms with van der Waals surface area (Å²) in [5.74, 6) is 1.16. The molecule has 1 aliphatic carbocycles. The first-order valence-electron chi connectivity index (χ1n) is 12.2. The van der Waals surface area contributed by atoms with Crippen LogP contribution in [0.4, 0.5) is 5.95 Å². The summed E-state index contributed by atoms with van der Waals surface area (Å²) < 4.78 is 21.1. The molecule has 1 unspecified atom stereocenters. The maximum absolute atomic E-state index is 13.5. The molecule has 0 spiro atoms. The van der Waals surface area contributed by atoms with Crippen LogP contribution in [0.25, 0.3) is 0 Å². The number of rotatable bonds is 7. The van der Waals surface area contributed by atoms with Gasteiger partial charge >= 0.3 is 5.97 Å². The van der Waals surface area contributed by atoms with E-state index in [-0.39, 0.29) is 12.1 Å². The SMILES string of the molecule is COc1cc(C2C(C(=O)OC3CCCCC3)=C(C)Nc3nnnn32)cc(Br)c1OCc1ccc(Br)cc1. The molecule has 1 saturated carbocycles. The van der Waals surface area contributed by atoms with Crippen molar-refractivity contribution < 1.29 is 19.0 Å². The number of nitrogens with one attached hydrogen (secondary N) is 1. The van der Waals surface area contributed by atoms with Crippen molar-refractivity contribution in [3.8, 4) is 11.5 Å². The number of ether oxygens (including phenoxy) is 3. The lowest BCUT2D eigenvalue weighted by Gasteiger charge is -2.30. The molecule has 1 N–H and O–H groups in total. The topological polar surface area (TPSA) is 100 Å². The van der Waals surface area contributed by atoms with Gasteiger partial charge in [0.15, 0.2) is 11.5 Å². The number of fused-ring (bicyclic) bond motifs is 1. The number of halogens is 2. The quantitative estimate of drug-likeness (QED) is 0.319. The van der Waals surface area contributed by atoms with Gasteiger partial charge in [-0.05, 0) is 94.4 Å². The summed E-state index contributed by atoms with van der Waals surface area (Å²) in [5, 5.41) is 15.2. The zero-order chi connectivity index (χ0) is 25.9. The van der Waals surface area contributed by atoms with Crippen LogP contribution < -0.4 is 14.8 Å². The van der Waals surface area contributed by atoms with Crippen LogP contribution in [0.5, 0.6) is 11.5 Å². The van der Waals surface area contributed by atoms with E-state index in [0.717, 1.165) is 41.3 Å². The molecule has 37 heavy (non-hydrogen) atoms. The average Bonchev–Trinajstić information content (AvgIpc) is 3.36. The lowest BCUT2D eigenvalue weighted by atomic mass is 9.94. The molecular formula is C26H27Br2N5O4. The third kappa shape index (κ3) is 5.52. The van der Waals surface area contributed by atoms with Crippen LogP contribution in [-0.2, 0) is 16.1 Å². The van der Waals surface area contributed by atoms with Crippen molar-refractivity contribution in [1.82, 2.24) is 20.2 Å². The van der Waals surface area contributed by atoms with Gasteiger partial charge in [-0.3, -0.25) is 0 Å². The van der Waals surface area contributed by atoms with Crippen molar-refractivity contribution in [2.45, 2.75) is 57.8 Å². The molecule has 5 rings (SSSR count). The fraction of sp³-hybridized carbons (Fsp3) is 0.385. The van der Waals surface area contributed by atoms with Crippen LogP contribution in [0.1, 0.15) is 56.2 Å². The van der Waals surface area contributed by atoms with E-state index in [0.29, 0.717) is 39.8 Å². The van der Waals surface area contributed by atoms with Crippen molar-refractivity contribution in [3.05, 3.63) is 67.7 Å². The fourth-order valence-corrected chi connectivity index (χ4v) is 5.60. The first-order valence-corrected chi connectivity index (χ1v) is 13.7. The molecule has 1 aliphatic heterocycles. The minimum Gasteiger partial charge on any atom is -0.493 e. The molecule has 2 aromatic carbocycles.